The molecule has 6 heteroatoms. The molecule has 2 amide bonds. The minimum Gasteiger partial charge on any atom is -0.507 e. The number of rotatable bonds is 3. The van der Waals surface area contributed by atoms with E-state index in [0.29, 0.717) is 37.7 Å². The highest BCUT2D eigenvalue weighted by Gasteiger charge is 2.36. The van der Waals surface area contributed by atoms with E-state index in [4.69, 9.17) is 10.5 Å². The van der Waals surface area contributed by atoms with Crippen LogP contribution in [0.15, 0.2) is 42.5 Å². The molecule has 0 spiro atoms. The zero-order chi connectivity index (χ0) is 21.3. The lowest BCUT2D eigenvalue weighted by Crippen LogP contribution is -2.48. The first-order valence-corrected chi connectivity index (χ1v) is 10.7. The van der Waals surface area contributed by atoms with Crippen LogP contribution in [0.25, 0.3) is 0 Å². The van der Waals surface area contributed by atoms with Crippen molar-refractivity contribution in [2.45, 2.75) is 38.4 Å². The Kier molecular flexibility index (Phi) is 5.97. The molecule has 0 bridgehead atoms. The van der Waals surface area contributed by atoms with Crippen molar-refractivity contribution in [3.05, 3.63) is 59.2 Å². The third-order valence-electron chi connectivity index (χ3n) is 6.59. The molecule has 6 nitrogen and oxygen atoms in total. The lowest BCUT2D eigenvalue weighted by molar-refractivity contribution is -0.0624. The van der Waals surface area contributed by atoms with Crippen LogP contribution in [0, 0.1) is 12.8 Å². The number of para-hydroxylation sites is 1. The second-order valence-electron chi connectivity index (χ2n) is 8.40. The van der Waals surface area contributed by atoms with Crippen LogP contribution < -0.4 is 10.6 Å². The number of hydrogen-bond donors (Lipinski definition) is 2. The van der Waals surface area contributed by atoms with Gasteiger partial charge in [0.15, 0.2) is 0 Å². The van der Waals surface area contributed by atoms with Crippen molar-refractivity contribution < 1.29 is 14.6 Å². The SMILES string of the molecule is Cc1ccc2c(c1O)C[C@@H](C1CCN(C(=O)N(C)c3ccccc3)CC1)O[C@H]2CN. The van der Waals surface area contributed by atoms with Crippen LogP contribution >= 0.6 is 0 Å². The summed E-state index contributed by atoms with van der Waals surface area (Å²) in [5.74, 6) is 0.717. The number of hydrogen-bond acceptors (Lipinski definition) is 4. The predicted octanol–water partition coefficient (Wildman–Crippen LogP) is 3.61. The fraction of sp³-hybridized carbons (Fsp3) is 0.458. The van der Waals surface area contributed by atoms with Crippen LogP contribution in [0.4, 0.5) is 10.5 Å². The Labute approximate surface area is 178 Å². The highest BCUT2D eigenvalue weighted by Crippen LogP contribution is 2.40. The van der Waals surface area contributed by atoms with Crippen molar-refractivity contribution in [3.63, 3.8) is 0 Å². The maximum Gasteiger partial charge on any atom is 0.324 e. The van der Waals surface area contributed by atoms with Crippen LogP contribution in [-0.4, -0.2) is 48.8 Å². The largest absolute Gasteiger partial charge is 0.507 e. The molecule has 1 saturated heterocycles. The maximum absolute atomic E-state index is 12.9. The number of likely N-dealkylation sites (tertiary alicyclic amines) is 1. The van der Waals surface area contributed by atoms with Gasteiger partial charge in [0.25, 0.3) is 0 Å². The van der Waals surface area contributed by atoms with Gasteiger partial charge in [-0.2, -0.15) is 0 Å². The summed E-state index contributed by atoms with van der Waals surface area (Å²) in [6.07, 6.45) is 2.30. The lowest BCUT2D eigenvalue weighted by atomic mass is 9.83. The van der Waals surface area contributed by atoms with Crippen LogP contribution in [0.2, 0.25) is 0 Å². The van der Waals surface area contributed by atoms with Crippen molar-refractivity contribution in [1.29, 1.82) is 0 Å². The van der Waals surface area contributed by atoms with Gasteiger partial charge in [0.1, 0.15) is 5.75 Å². The molecule has 2 aliphatic rings. The molecular weight excluding hydrogens is 378 g/mol. The van der Waals surface area contributed by atoms with Gasteiger partial charge in [-0.1, -0.05) is 30.3 Å². The van der Waals surface area contributed by atoms with E-state index in [1.54, 1.807) is 4.90 Å². The lowest BCUT2D eigenvalue weighted by Gasteiger charge is -2.41. The smallest absolute Gasteiger partial charge is 0.324 e. The quantitative estimate of drug-likeness (QED) is 0.812. The minimum atomic E-state index is -0.186. The Morgan fingerprint density at radius 3 is 2.57 bits per heavy atom. The monoisotopic (exact) mass is 409 g/mol. The summed E-state index contributed by atoms with van der Waals surface area (Å²) in [7, 11) is 1.82. The first kappa shape index (κ1) is 20.7. The zero-order valence-corrected chi connectivity index (χ0v) is 17.8. The molecule has 2 heterocycles. The summed E-state index contributed by atoms with van der Waals surface area (Å²) in [5.41, 5.74) is 9.75. The number of carbonyl (C=O) groups excluding carboxylic acids is 1. The Hall–Kier alpha value is -2.57. The van der Waals surface area contributed by atoms with Crippen LogP contribution in [0.1, 0.15) is 35.6 Å². The number of carbonyl (C=O) groups is 1. The van der Waals surface area contributed by atoms with E-state index in [0.717, 1.165) is 35.2 Å². The number of phenols is 1. The molecule has 1 fully saturated rings. The second kappa shape index (κ2) is 8.66. The number of nitrogens with zero attached hydrogens (tertiary/aromatic N) is 2. The number of urea groups is 1. The van der Waals surface area contributed by atoms with E-state index >= 15 is 0 Å². The standard InChI is InChI=1S/C24H31N3O3/c1-16-8-9-19-20(23(16)28)14-21(30-22(19)15-25)17-10-12-27(13-11-17)24(29)26(2)18-6-4-3-5-7-18/h3-9,17,21-22,28H,10-15,25H2,1-2H3/t21-,22-/m0/s1. The number of fused-ring (bicyclic) bond motifs is 1. The summed E-state index contributed by atoms with van der Waals surface area (Å²) in [6.45, 7) is 3.73. The fourth-order valence-corrected chi connectivity index (χ4v) is 4.72. The van der Waals surface area contributed by atoms with Gasteiger partial charge in [0, 0.05) is 44.4 Å². The van der Waals surface area contributed by atoms with E-state index in [-0.39, 0.29) is 18.2 Å². The van der Waals surface area contributed by atoms with E-state index in [1.165, 1.54) is 0 Å². The number of aryl methyl sites for hydroxylation is 1. The average Bonchev–Trinajstić information content (AvgIpc) is 2.80. The van der Waals surface area contributed by atoms with E-state index in [9.17, 15) is 9.90 Å². The third kappa shape index (κ3) is 3.89. The van der Waals surface area contributed by atoms with Gasteiger partial charge >= 0.3 is 6.03 Å². The molecule has 0 radical (unpaired) electrons. The molecule has 2 aliphatic heterocycles. The highest BCUT2D eigenvalue weighted by molar-refractivity contribution is 5.91. The van der Waals surface area contributed by atoms with E-state index in [1.807, 2.05) is 61.3 Å². The Bertz CT molecular complexity index is 894. The molecule has 0 aromatic heterocycles. The van der Waals surface area contributed by atoms with Gasteiger partial charge in [-0.3, -0.25) is 4.90 Å². The molecule has 30 heavy (non-hydrogen) atoms. The average molecular weight is 410 g/mol. The normalized spacial score (nSPS) is 21.9. The molecule has 0 saturated carbocycles. The highest BCUT2D eigenvalue weighted by atomic mass is 16.5. The van der Waals surface area contributed by atoms with Crippen LogP contribution in [0.3, 0.4) is 0 Å². The summed E-state index contributed by atoms with van der Waals surface area (Å²) in [6, 6.07) is 13.7. The van der Waals surface area contributed by atoms with Gasteiger partial charge in [-0.15, -0.1) is 0 Å². The molecule has 0 unspecified atom stereocenters. The number of ether oxygens (including phenoxy) is 1. The Morgan fingerprint density at radius 2 is 1.90 bits per heavy atom. The summed E-state index contributed by atoms with van der Waals surface area (Å²) in [4.78, 5) is 16.5. The van der Waals surface area contributed by atoms with Crippen molar-refractivity contribution in [1.82, 2.24) is 4.90 Å². The Morgan fingerprint density at radius 1 is 1.20 bits per heavy atom. The Balaban J connectivity index is 1.42. The summed E-state index contributed by atoms with van der Waals surface area (Å²) < 4.78 is 6.36. The molecule has 4 rings (SSSR count). The van der Waals surface area contributed by atoms with Crippen molar-refractivity contribution in [3.8, 4) is 5.75 Å². The van der Waals surface area contributed by atoms with Gasteiger partial charge in [0.05, 0.1) is 12.2 Å². The zero-order valence-electron chi connectivity index (χ0n) is 17.8. The second-order valence-corrected chi connectivity index (χ2v) is 8.40. The molecule has 2 atom stereocenters. The topological polar surface area (TPSA) is 79.0 Å². The number of amides is 2. The number of benzene rings is 2. The van der Waals surface area contributed by atoms with Gasteiger partial charge < -0.3 is 20.5 Å². The molecule has 3 N–H and O–H groups in total. The molecule has 160 valence electrons. The first-order chi connectivity index (χ1) is 14.5. The fourth-order valence-electron chi connectivity index (χ4n) is 4.72. The van der Waals surface area contributed by atoms with Crippen LogP contribution in [0.5, 0.6) is 5.75 Å². The van der Waals surface area contributed by atoms with Gasteiger partial charge in [0.2, 0.25) is 0 Å². The predicted molar refractivity (Wildman–Crippen MR) is 118 cm³/mol. The van der Waals surface area contributed by atoms with E-state index in [2.05, 4.69) is 0 Å². The molecule has 0 aliphatic carbocycles. The van der Waals surface area contributed by atoms with Crippen molar-refractivity contribution in [2.75, 3.05) is 31.6 Å². The molecular formula is C24H31N3O3. The first-order valence-electron chi connectivity index (χ1n) is 10.7. The number of aromatic hydroxyl groups is 1. The third-order valence-corrected chi connectivity index (χ3v) is 6.59. The van der Waals surface area contributed by atoms with Gasteiger partial charge in [-0.05, 0) is 48.9 Å². The van der Waals surface area contributed by atoms with Gasteiger partial charge in [-0.25, -0.2) is 4.79 Å². The minimum absolute atomic E-state index is 0.0165. The van der Waals surface area contributed by atoms with Crippen LogP contribution in [-0.2, 0) is 11.2 Å². The molecule has 2 aromatic carbocycles. The number of nitrogens with two attached hydrogens (primary N) is 1. The molecule has 2 aromatic rings. The summed E-state index contributed by atoms with van der Waals surface area (Å²) in [5, 5.41) is 10.6. The number of piperidine rings is 1. The maximum atomic E-state index is 12.9. The van der Waals surface area contributed by atoms with Crippen molar-refractivity contribution in [2.24, 2.45) is 11.7 Å². The van der Waals surface area contributed by atoms with E-state index < -0.39 is 0 Å². The number of phenolic OH excluding ortho intramolecular Hbond substituents is 1. The number of anilines is 1. The summed E-state index contributed by atoms with van der Waals surface area (Å²) >= 11 is 0. The van der Waals surface area contributed by atoms with Crippen molar-refractivity contribution >= 4 is 11.7 Å².